The summed E-state index contributed by atoms with van der Waals surface area (Å²) in [6, 6.07) is 14.7. The minimum Gasteiger partial charge on any atom is -0.366 e. The molecule has 0 amide bonds. The molecule has 2 aromatic heterocycles. The Morgan fingerprint density at radius 2 is 1.90 bits per heavy atom. The van der Waals surface area contributed by atoms with Crippen molar-refractivity contribution in [3.05, 3.63) is 66.2 Å². The van der Waals surface area contributed by atoms with Gasteiger partial charge in [-0.1, -0.05) is 36.4 Å². The van der Waals surface area contributed by atoms with Gasteiger partial charge in [-0.25, -0.2) is 4.98 Å². The first kappa shape index (κ1) is 13.3. The molecule has 2 heterocycles. The maximum atomic E-state index is 13.1. The standard InChI is InChI=1S/C16H15FN4/c1-21-11-13(10-18-15-9-5-8-14(17)19-15)16(20-21)12-6-3-2-4-7-12/h2-9,11H,10H2,1H3,(H,18,19). The first-order valence-corrected chi connectivity index (χ1v) is 6.67. The number of rotatable bonds is 4. The lowest BCUT2D eigenvalue weighted by atomic mass is 10.1. The maximum absolute atomic E-state index is 13.1. The number of benzene rings is 1. The number of nitrogens with one attached hydrogen (secondary N) is 1. The van der Waals surface area contributed by atoms with E-state index in [0.29, 0.717) is 12.4 Å². The second kappa shape index (κ2) is 5.75. The van der Waals surface area contributed by atoms with Crippen LogP contribution in [0.2, 0.25) is 0 Å². The third-order valence-corrected chi connectivity index (χ3v) is 3.13. The molecule has 0 fully saturated rings. The van der Waals surface area contributed by atoms with Crippen LogP contribution >= 0.6 is 0 Å². The Kier molecular flexibility index (Phi) is 3.64. The Labute approximate surface area is 122 Å². The van der Waals surface area contributed by atoms with E-state index in [2.05, 4.69) is 15.4 Å². The monoisotopic (exact) mass is 282 g/mol. The van der Waals surface area contributed by atoms with Crippen LogP contribution in [0.4, 0.5) is 10.2 Å². The molecule has 0 atom stereocenters. The second-order valence-electron chi connectivity index (χ2n) is 4.74. The summed E-state index contributed by atoms with van der Waals surface area (Å²) in [7, 11) is 1.89. The van der Waals surface area contributed by atoms with Crippen LogP contribution in [-0.4, -0.2) is 14.8 Å². The van der Waals surface area contributed by atoms with Crippen molar-refractivity contribution in [3.63, 3.8) is 0 Å². The van der Waals surface area contributed by atoms with Crippen LogP contribution in [0.15, 0.2) is 54.7 Å². The predicted octanol–water partition coefficient (Wildman–Crippen LogP) is 3.23. The average Bonchev–Trinajstić information content (AvgIpc) is 2.87. The van der Waals surface area contributed by atoms with Crippen molar-refractivity contribution in [2.45, 2.75) is 6.54 Å². The van der Waals surface area contributed by atoms with Crippen molar-refractivity contribution in [1.29, 1.82) is 0 Å². The molecule has 1 aromatic carbocycles. The number of aryl methyl sites for hydroxylation is 1. The zero-order valence-electron chi connectivity index (χ0n) is 11.6. The Hall–Kier alpha value is -2.69. The molecule has 106 valence electrons. The minimum absolute atomic E-state index is 0.491. The van der Waals surface area contributed by atoms with Crippen LogP contribution in [0.1, 0.15) is 5.56 Å². The number of aromatic nitrogens is 3. The zero-order valence-corrected chi connectivity index (χ0v) is 11.6. The Morgan fingerprint density at radius 1 is 1.10 bits per heavy atom. The zero-order chi connectivity index (χ0) is 14.7. The van der Waals surface area contributed by atoms with Gasteiger partial charge in [0.05, 0.1) is 5.69 Å². The van der Waals surface area contributed by atoms with Crippen molar-refractivity contribution < 1.29 is 4.39 Å². The molecule has 0 aliphatic carbocycles. The summed E-state index contributed by atoms with van der Waals surface area (Å²) in [5, 5.41) is 7.61. The minimum atomic E-state index is -0.491. The molecule has 3 rings (SSSR count). The fraction of sp³-hybridized carbons (Fsp3) is 0.125. The molecule has 0 bridgehead atoms. The van der Waals surface area contributed by atoms with Crippen LogP contribution in [0, 0.1) is 5.95 Å². The molecule has 0 aliphatic rings. The van der Waals surface area contributed by atoms with Gasteiger partial charge in [-0.05, 0) is 12.1 Å². The van der Waals surface area contributed by atoms with Gasteiger partial charge < -0.3 is 5.32 Å². The quantitative estimate of drug-likeness (QED) is 0.747. The van der Waals surface area contributed by atoms with Crippen molar-refractivity contribution in [2.24, 2.45) is 7.05 Å². The van der Waals surface area contributed by atoms with Gasteiger partial charge in [-0.2, -0.15) is 9.49 Å². The van der Waals surface area contributed by atoms with E-state index in [-0.39, 0.29) is 0 Å². The number of hydrogen-bond donors (Lipinski definition) is 1. The molecule has 0 radical (unpaired) electrons. The van der Waals surface area contributed by atoms with Crippen molar-refractivity contribution in [2.75, 3.05) is 5.32 Å². The first-order valence-electron chi connectivity index (χ1n) is 6.67. The Morgan fingerprint density at radius 3 is 2.67 bits per heavy atom. The van der Waals surface area contributed by atoms with Gasteiger partial charge in [0.2, 0.25) is 5.95 Å². The van der Waals surface area contributed by atoms with Gasteiger partial charge in [0.1, 0.15) is 5.82 Å². The fourth-order valence-corrected chi connectivity index (χ4v) is 2.20. The lowest BCUT2D eigenvalue weighted by Crippen LogP contribution is -2.02. The highest BCUT2D eigenvalue weighted by molar-refractivity contribution is 5.63. The van der Waals surface area contributed by atoms with E-state index < -0.39 is 5.95 Å². The number of nitrogens with zero attached hydrogens (tertiary/aromatic N) is 3. The van der Waals surface area contributed by atoms with Gasteiger partial charge in [0.15, 0.2) is 0 Å². The van der Waals surface area contributed by atoms with Gasteiger partial charge >= 0.3 is 0 Å². The van der Waals surface area contributed by atoms with E-state index >= 15 is 0 Å². The molecule has 0 saturated carbocycles. The molecule has 0 spiro atoms. The molecular formula is C16H15FN4. The van der Waals surface area contributed by atoms with E-state index in [1.165, 1.54) is 6.07 Å². The third kappa shape index (κ3) is 3.08. The molecule has 4 nitrogen and oxygen atoms in total. The molecule has 0 aliphatic heterocycles. The van der Waals surface area contributed by atoms with Crippen molar-refractivity contribution >= 4 is 5.82 Å². The fourth-order valence-electron chi connectivity index (χ4n) is 2.20. The van der Waals surface area contributed by atoms with E-state index in [9.17, 15) is 4.39 Å². The molecule has 1 N–H and O–H groups in total. The summed E-state index contributed by atoms with van der Waals surface area (Å²) < 4.78 is 14.8. The smallest absolute Gasteiger partial charge is 0.214 e. The van der Waals surface area contributed by atoms with Crippen LogP contribution in [0.25, 0.3) is 11.3 Å². The van der Waals surface area contributed by atoms with Gasteiger partial charge in [-0.3, -0.25) is 4.68 Å². The third-order valence-electron chi connectivity index (χ3n) is 3.13. The molecule has 0 saturated heterocycles. The molecular weight excluding hydrogens is 267 g/mol. The summed E-state index contributed by atoms with van der Waals surface area (Å²) in [6.45, 7) is 0.536. The Balaban J connectivity index is 1.83. The highest BCUT2D eigenvalue weighted by Crippen LogP contribution is 2.22. The summed E-state index contributed by atoms with van der Waals surface area (Å²) >= 11 is 0. The van der Waals surface area contributed by atoms with Gasteiger partial charge in [0.25, 0.3) is 0 Å². The first-order chi connectivity index (χ1) is 10.2. The normalized spacial score (nSPS) is 10.6. The molecule has 5 heteroatoms. The van der Waals surface area contributed by atoms with Crippen LogP contribution in [-0.2, 0) is 13.6 Å². The van der Waals surface area contributed by atoms with Crippen molar-refractivity contribution in [1.82, 2.24) is 14.8 Å². The Bertz CT molecular complexity index is 737. The van der Waals surface area contributed by atoms with E-state index in [1.807, 2.05) is 43.6 Å². The molecule has 21 heavy (non-hydrogen) atoms. The largest absolute Gasteiger partial charge is 0.366 e. The predicted molar refractivity (Wildman–Crippen MR) is 80.2 cm³/mol. The summed E-state index contributed by atoms with van der Waals surface area (Å²) in [5.74, 6) is 0.0207. The topological polar surface area (TPSA) is 42.7 Å². The van der Waals surface area contributed by atoms with E-state index in [4.69, 9.17) is 0 Å². The number of halogens is 1. The van der Waals surface area contributed by atoms with Crippen LogP contribution in [0.3, 0.4) is 0 Å². The lowest BCUT2D eigenvalue weighted by molar-refractivity contribution is 0.585. The molecule has 3 aromatic rings. The number of pyridine rings is 1. The maximum Gasteiger partial charge on any atom is 0.214 e. The summed E-state index contributed by atoms with van der Waals surface area (Å²) in [6.07, 6.45) is 1.95. The number of hydrogen-bond acceptors (Lipinski definition) is 3. The van der Waals surface area contributed by atoms with E-state index in [0.717, 1.165) is 16.8 Å². The second-order valence-corrected chi connectivity index (χ2v) is 4.74. The van der Waals surface area contributed by atoms with Gasteiger partial charge in [-0.15, -0.1) is 0 Å². The van der Waals surface area contributed by atoms with Crippen LogP contribution in [0.5, 0.6) is 0 Å². The average molecular weight is 282 g/mol. The van der Waals surface area contributed by atoms with Crippen molar-refractivity contribution in [3.8, 4) is 11.3 Å². The number of anilines is 1. The van der Waals surface area contributed by atoms with E-state index in [1.54, 1.807) is 16.8 Å². The summed E-state index contributed by atoms with van der Waals surface area (Å²) in [5.41, 5.74) is 3.01. The SMILES string of the molecule is Cn1cc(CNc2cccc(F)n2)c(-c2ccccc2)n1. The highest BCUT2D eigenvalue weighted by Gasteiger charge is 2.09. The molecule has 0 unspecified atom stereocenters. The summed E-state index contributed by atoms with van der Waals surface area (Å²) in [4.78, 5) is 3.79. The van der Waals surface area contributed by atoms with Crippen LogP contribution < -0.4 is 5.32 Å². The van der Waals surface area contributed by atoms with Gasteiger partial charge in [0, 0.05) is 30.9 Å². The lowest BCUT2D eigenvalue weighted by Gasteiger charge is -2.06. The highest BCUT2D eigenvalue weighted by atomic mass is 19.1.